The highest BCUT2D eigenvalue weighted by Crippen LogP contribution is 2.33. The lowest BCUT2D eigenvalue weighted by Crippen LogP contribution is -2.34. The molecule has 3 atom stereocenters. The highest BCUT2D eigenvalue weighted by molar-refractivity contribution is 7.86. The summed E-state index contributed by atoms with van der Waals surface area (Å²) >= 11 is 0. The highest BCUT2D eigenvalue weighted by Gasteiger charge is 2.36. The second-order valence-electron chi connectivity index (χ2n) is 4.45. The van der Waals surface area contributed by atoms with Crippen LogP contribution in [0.3, 0.4) is 0 Å². The molecule has 98 valence electrons. The van der Waals surface area contributed by atoms with Gasteiger partial charge in [-0.05, 0) is 11.1 Å². The Kier molecular flexibility index (Phi) is 3.41. The molecule has 0 spiro atoms. The van der Waals surface area contributed by atoms with E-state index in [-0.39, 0.29) is 11.9 Å². The van der Waals surface area contributed by atoms with Crippen LogP contribution in [0.2, 0.25) is 0 Å². The third-order valence-corrected chi connectivity index (χ3v) is 3.45. The summed E-state index contributed by atoms with van der Waals surface area (Å²) in [7, 11) is -3.30. The van der Waals surface area contributed by atoms with Crippen LogP contribution < -0.4 is 5.32 Å². The zero-order valence-corrected chi connectivity index (χ0v) is 11.1. The first-order valence-electron chi connectivity index (χ1n) is 5.61. The average Bonchev–Trinajstić information content (AvgIpc) is 2.54. The predicted octanol–water partition coefficient (Wildman–Crippen LogP) is 0.922. The maximum Gasteiger partial charge on any atom is 0.402 e. The molecule has 5 nitrogen and oxygen atoms in total. The van der Waals surface area contributed by atoms with Crippen molar-refractivity contribution >= 4 is 16.0 Å². The van der Waals surface area contributed by atoms with E-state index in [9.17, 15) is 13.2 Å². The van der Waals surface area contributed by atoms with E-state index in [2.05, 4.69) is 5.32 Å². The fourth-order valence-electron chi connectivity index (χ4n) is 2.27. The molecule has 1 amide bonds. The van der Waals surface area contributed by atoms with Crippen molar-refractivity contribution in [1.29, 1.82) is 0 Å². The van der Waals surface area contributed by atoms with Crippen molar-refractivity contribution in [3.8, 4) is 0 Å². The standard InChI is InChI=1S/C12H15NO4S/c1-8(14)13-12-10-6-4-3-5-9(10)7-11(12)17-18(2,15)16/h3-6,11-12H,7H2,1-2H3,(H,13,14)/p+1/t11-,12+/m0/s1. The van der Waals surface area contributed by atoms with Crippen LogP contribution in [0.4, 0.5) is 0 Å². The van der Waals surface area contributed by atoms with Crippen LogP contribution in [0.1, 0.15) is 24.1 Å². The van der Waals surface area contributed by atoms with E-state index >= 15 is 0 Å². The van der Waals surface area contributed by atoms with E-state index in [0.717, 1.165) is 17.4 Å². The van der Waals surface area contributed by atoms with Crippen molar-refractivity contribution in [2.75, 3.05) is 6.26 Å². The van der Waals surface area contributed by atoms with Crippen LogP contribution in [0.15, 0.2) is 24.3 Å². The van der Waals surface area contributed by atoms with Gasteiger partial charge in [0.2, 0.25) is 5.91 Å². The van der Waals surface area contributed by atoms with Gasteiger partial charge in [0, 0.05) is 13.3 Å². The van der Waals surface area contributed by atoms with Crippen LogP contribution in [-0.4, -0.2) is 26.7 Å². The maximum atomic E-state index is 11.3. The summed E-state index contributed by atoms with van der Waals surface area (Å²) in [6, 6.07) is 7.23. The fraction of sp³-hybridized carbons (Fsp3) is 0.417. The minimum absolute atomic E-state index is 0.189. The first-order valence-corrected chi connectivity index (χ1v) is 7.46. The van der Waals surface area contributed by atoms with Crippen LogP contribution in [0.5, 0.6) is 0 Å². The molecule has 1 aromatic carbocycles. The third-order valence-electron chi connectivity index (χ3n) is 2.84. The fourth-order valence-corrected chi connectivity index (χ4v) is 2.90. The summed E-state index contributed by atoms with van der Waals surface area (Å²) in [5, 5.41) is 2.77. The molecule has 0 heterocycles. The molecule has 0 bridgehead atoms. The van der Waals surface area contributed by atoms with Crippen molar-refractivity contribution in [1.82, 2.24) is 5.32 Å². The molecule has 1 aromatic rings. The topological polar surface area (TPSA) is 76.8 Å². The summed E-state index contributed by atoms with van der Waals surface area (Å²) in [6.07, 6.45) is 1.14. The summed E-state index contributed by atoms with van der Waals surface area (Å²) in [5.74, 6) is -0.189. The molecule has 1 aliphatic carbocycles. The molecule has 0 saturated carbocycles. The number of fused-ring (bicyclic) bond motifs is 1. The van der Waals surface area contributed by atoms with Gasteiger partial charge in [-0.15, -0.1) is 0 Å². The summed E-state index contributed by atoms with van der Waals surface area (Å²) < 4.78 is 25.8. The monoisotopic (exact) mass is 270 g/mol. The molecular formula is C12H16NO4S+. The van der Waals surface area contributed by atoms with E-state index < -0.39 is 16.2 Å². The zero-order valence-electron chi connectivity index (χ0n) is 10.3. The van der Waals surface area contributed by atoms with Gasteiger partial charge in [0.1, 0.15) is 12.4 Å². The summed E-state index contributed by atoms with van der Waals surface area (Å²) in [6.45, 7) is 1.42. The number of carbonyl (C=O) groups excluding carboxylic acids is 1. The van der Waals surface area contributed by atoms with Crippen molar-refractivity contribution in [2.24, 2.45) is 0 Å². The SMILES string of the molecule is CC(=O)N[C@@H]1c2ccccc2C[C@@H]1OS(C)(=O)=[OH+]. The Morgan fingerprint density at radius 1 is 1.50 bits per heavy atom. The third kappa shape index (κ3) is 2.88. The average molecular weight is 270 g/mol. The van der Waals surface area contributed by atoms with Crippen molar-refractivity contribution in [2.45, 2.75) is 25.5 Å². The quantitative estimate of drug-likeness (QED) is 0.655. The Morgan fingerprint density at radius 2 is 2.17 bits per heavy atom. The van der Waals surface area contributed by atoms with Crippen molar-refractivity contribution in [3.63, 3.8) is 0 Å². The molecule has 2 rings (SSSR count). The first-order chi connectivity index (χ1) is 8.37. The Balaban J connectivity index is 2.30. The van der Waals surface area contributed by atoms with Gasteiger partial charge in [0.05, 0.1) is 6.04 Å². The molecule has 0 aliphatic heterocycles. The number of amides is 1. The number of rotatable bonds is 3. The normalized spacial score (nSPS) is 25.2. The van der Waals surface area contributed by atoms with Crippen LogP contribution in [0.25, 0.3) is 0 Å². The molecule has 1 unspecified atom stereocenters. The molecule has 0 fully saturated rings. The predicted molar refractivity (Wildman–Crippen MR) is 67.6 cm³/mol. The van der Waals surface area contributed by atoms with Crippen LogP contribution in [-0.2, 0) is 25.5 Å². The molecule has 2 N–H and O–H groups in total. The molecule has 6 heteroatoms. The Labute approximate surface area is 106 Å². The zero-order chi connectivity index (χ0) is 13.3. The maximum absolute atomic E-state index is 11.3. The molecule has 0 saturated heterocycles. The smallest absolute Gasteiger partial charge is 0.347 e. The van der Waals surface area contributed by atoms with Gasteiger partial charge in [-0.2, -0.15) is 4.21 Å². The number of hydrogen-bond donors (Lipinski definition) is 1. The van der Waals surface area contributed by atoms with Gasteiger partial charge in [0.25, 0.3) is 0 Å². The number of hydrogen-bond acceptors (Lipinski definition) is 3. The van der Waals surface area contributed by atoms with E-state index in [1.54, 1.807) is 0 Å². The first kappa shape index (κ1) is 13.0. The van der Waals surface area contributed by atoms with E-state index in [1.165, 1.54) is 6.92 Å². The van der Waals surface area contributed by atoms with E-state index in [0.29, 0.717) is 6.42 Å². The number of carbonyl (C=O) groups is 1. The van der Waals surface area contributed by atoms with Crippen molar-refractivity contribution < 1.29 is 17.4 Å². The molecule has 1 aliphatic rings. The van der Waals surface area contributed by atoms with E-state index in [1.807, 2.05) is 24.3 Å². The van der Waals surface area contributed by atoms with Crippen molar-refractivity contribution in [3.05, 3.63) is 35.4 Å². The lowest BCUT2D eigenvalue weighted by Gasteiger charge is -2.19. The molecule has 0 radical (unpaired) electrons. The minimum Gasteiger partial charge on any atom is -0.347 e. The van der Waals surface area contributed by atoms with E-state index in [4.69, 9.17) is 4.18 Å². The summed E-state index contributed by atoms with van der Waals surface area (Å²) in [5.41, 5.74) is 1.98. The van der Waals surface area contributed by atoms with Gasteiger partial charge in [-0.25, -0.2) is 8.39 Å². The molecule has 18 heavy (non-hydrogen) atoms. The lowest BCUT2D eigenvalue weighted by molar-refractivity contribution is -0.120. The number of benzene rings is 1. The van der Waals surface area contributed by atoms with Gasteiger partial charge in [0.15, 0.2) is 0 Å². The molecular weight excluding hydrogens is 254 g/mol. The Bertz CT molecular complexity index is 567. The number of nitrogens with one attached hydrogen (secondary N) is 1. The Hall–Kier alpha value is -1.40. The minimum atomic E-state index is -3.30. The van der Waals surface area contributed by atoms with Crippen LogP contribution >= 0.6 is 0 Å². The van der Waals surface area contributed by atoms with Gasteiger partial charge < -0.3 is 5.32 Å². The van der Waals surface area contributed by atoms with Gasteiger partial charge in [-0.3, -0.25) is 4.79 Å². The van der Waals surface area contributed by atoms with Gasteiger partial charge >= 0.3 is 10.1 Å². The summed E-state index contributed by atoms with van der Waals surface area (Å²) in [4.78, 5) is 11.2. The van der Waals surface area contributed by atoms with Gasteiger partial charge in [-0.1, -0.05) is 24.3 Å². The molecule has 0 aromatic heterocycles. The Morgan fingerprint density at radius 3 is 2.78 bits per heavy atom. The second kappa shape index (κ2) is 4.70. The highest BCUT2D eigenvalue weighted by atomic mass is 32.2. The second-order valence-corrected chi connectivity index (χ2v) is 6.11. The lowest BCUT2D eigenvalue weighted by atomic mass is 10.1. The van der Waals surface area contributed by atoms with Crippen LogP contribution in [0, 0.1) is 0 Å². The largest absolute Gasteiger partial charge is 0.402 e.